The lowest BCUT2D eigenvalue weighted by Gasteiger charge is -2.22. The molecule has 1 aliphatic heterocycles. The number of nitrogens with two attached hydrogens (primary N) is 1. The molecule has 1 atom stereocenters. The molecule has 20 heavy (non-hydrogen) atoms. The molecule has 0 aromatic heterocycles. The Labute approximate surface area is 118 Å². The number of nitrogens with one attached hydrogen (secondary N) is 1. The molecule has 0 bridgehead atoms. The fraction of sp³-hybridized carbons (Fsp3) is 0.500. The van der Waals surface area contributed by atoms with Gasteiger partial charge in [-0.1, -0.05) is 0 Å². The highest BCUT2D eigenvalue weighted by atomic mass is 16.5. The molecule has 1 fully saturated rings. The first kappa shape index (κ1) is 14.6. The molecular formula is C14H21N3O3. The van der Waals surface area contributed by atoms with Crippen LogP contribution in [0.15, 0.2) is 18.2 Å². The van der Waals surface area contributed by atoms with Crippen molar-refractivity contribution in [2.45, 2.75) is 18.9 Å². The Balaban J connectivity index is 1.97. The van der Waals surface area contributed by atoms with Crippen LogP contribution in [0.4, 0.5) is 11.4 Å². The van der Waals surface area contributed by atoms with Crippen molar-refractivity contribution in [3.8, 4) is 5.75 Å². The van der Waals surface area contributed by atoms with E-state index in [4.69, 9.17) is 10.5 Å². The SMILES string of the molecule is COc1cc(N)ccc1NC(=O)CN1CCCC1CO. The third kappa shape index (κ3) is 3.40. The molecule has 1 saturated heterocycles. The van der Waals surface area contributed by atoms with E-state index in [0.717, 1.165) is 19.4 Å². The minimum Gasteiger partial charge on any atom is -0.494 e. The molecule has 0 saturated carbocycles. The second-order valence-corrected chi connectivity index (χ2v) is 4.96. The van der Waals surface area contributed by atoms with Gasteiger partial charge in [-0.3, -0.25) is 9.69 Å². The highest BCUT2D eigenvalue weighted by Gasteiger charge is 2.25. The number of aliphatic hydroxyl groups excluding tert-OH is 1. The molecule has 110 valence electrons. The number of rotatable bonds is 5. The van der Waals surface area contributed by atoms with Gasteiger partial charge < -0.3 is 20.9 Å². The van der Waals surface area contributed by atoms with Crippen LogP contribution in [-0.2, 0) is 4.79 Å². The van der Waals surface area contributed by atoms with E-state index in [1.807, 2.05) is 4.90 Å². The predicted molar refractivity (Wildman–Crippen MR) is 77.7 cm³/mol. The summed E-state index contributed by atoms with van der Waals surface area (Å²) in [5.41, 5.74) is 6.86. The molecule has 1 amide bonds. The van der Waals surface area contributed by atoms with E-state index in [0.29, 0.717) is 17.1 Å². The van der Waals surface area contributed by atoms with Crippen LogP contribution >= 0.6 is 0 Å². The molecule has 6 nitrogen and oxygen atoms in total. The molecule has 0 radical (unpaired) electrons. The number of nitrogens with zero attached hydrogens (tertiary/aromatic N) is 1. The number of carbonyl (C=O) groups excluding carboxylic acids is 1. The van der Waals surface area contributed by atoms with Crippen LogP contribution in [0.25, 0.3) is 0 Å². The van der Waals surface area contributed by atoms with E-state index < -0.39 is 0 Å². The summed E-state index contributed by atoms with van der Waals surface area (Å²) in [4.78, 5) is 14.1. The van der Waals surface area contributed by atoms with E-state index in [1.54, 1.807) is 18.2 Å². The van der Waals surface area contributed by atoms with Crippen LogP contribution in [0, 0.1) is 0 Å². The Morgan fingerprint density at radius 3 is 3.10 bits per heavy atom. The third-order valence-corrected chi connectivity index (χ3v) is 3.56. The number of ether oxygens (including phenoxy) is 1. The molecule has 1 unspecified atom stereocenters. The highest BCUT2D eigenvalue weighted by Crippen LogP contribution is 2.26. The van der Waals surface area contributed by atoms with Gasteiger partial charge in [0.05, 0.1) is 25.9 Å². The molecule has 2 rings (SSSR count). The first-order valence-electron chi connectivity index (χ1n) is 6.72. The van der Waals surface area contributed by atoms with Gasteiger partial charge in [0, 0.05) is 17.8 Å². The van der Waals surface area contributed by atoms with Crippen LogP contribution in [0.5, 0.6) is 5.75 Å². The summed E-state index contributed by atoms with van der Waals surface area (Å²) >= 11 is 0. The zero-order chi connectivity index (χ0) is 14.5. The average molecular weight is 279 g/mol. The van der Waals surface area contributed by atoms with Crippen molar-refractivity contribution >= 4 is 17.3 Å². The van der Waals surface area contributed by atoms with Crippen molar-refractivity contribution in [3.05, 3.63) is 18.2 Å². The van der Waals surface area contributed by atoms with E-state index in [9.17, 15) is 9.90 Å². The quantitative estimate of drug-likeness (QED) is 0.690. The largest absolute Gasteiger partial charge is 0.494 e. The molecule has 1 heterocycles. The summed E-state index contributed by atoms with van der Waals surface area (Å²) in [6, 6.07) is 5.19. The number of aliphatic hydroxyl groups is 1. The summed E-state index contributed by atoms with van der Waals surface area (Å²) < 4.78 is 5.19. The van der Waals surface area contributed by atoms with Gasteiger partial charge in [0.15, 0.2) is 0 Å². The van der Waals surface area contributed by atoms with Crippen molar-refractivity contribution < 1.29 is 14.6 Å². The summed E-state index contributed by atoms with van der Waals surface area (Å²) in [6.45, 7) is 1.22. The zero-order valence-corrected chi connectivity index (χ0v) is 11.6. The lowest BCUT2D eigenvalue weighted by molar-refractivity contribution is -0.117. The molecular weight excluding hydrogens is 258 g/mol. The van der Waals surface area contributed by atoms with Crippen molar-refractivity contribution in [3.63, 3.8) is 0 Å². The van der Waals surface area contributed by atoms with Crippen LogP contribution in [-0.4, -0.2) is 48.8 Å². The standard InChI is InChI=1S/C14H21N3O3/c1-20-13-7-10(15)4-5-12(13)16-14(19)8-17-6-2-3-11(17)9-18/h4-5,7,11,18H,2-3,6,8-9,15H2,1H3,(H,16,19). The number of nitrogen functional groups attached to an aromatic ring is 1. The van der Waals surface area contributed by atoms with Crippen molar-refractivity contribution in [1.82, 2.24) is 4.90 Å². The number of methoxy groups -OCH3 is 1. The molecule has 0 aliphatic carbocycles. The average Bonchev–Trinajstić information content (AvgIpc) is 2.87. The number of likely N-dealkylation sites (tertiary alicyclic amines) is 1. The fourth-order valence-corrected chi connectivity index (χ4v) is 2.50. The van der Waals surface area contributed by atoms with E-state index >= 15 is 0 Å². The van der Waals surface area contributed by atoms with Crippen molar-refractivity contribution in [1.29, 1.82) is 0 Å². The van der Waals surface area contributed by atoms with E-state index in [1.165, 1.54) is 7.11 Å². The van der Waals surface area contributed by atoms with Gasteiger partial charge in [0.25, 0.3) is 0 Å². The Morgan fingerprint density at radius 1 is 1.60 bits per heavy atom. The number of benzene rings is 1. The van der Waals surface area contributed by atoms with Crippen molar-refractivity contribution in [2.75, 3.05) is 37.9 Å². The molecule has 6 heteroatoms. The first-order chi connectivity index (χ1) is 9.63. The van der Waals surface area contributed by atoms with Gasteiger partial charge in [-0.2, -0.15) is 0 Å². The maximum atomic E-state index is 12.1. The normalized spacial score (nSPS) is 19.0. The Kier molecular flexibility index (Phi) is 4.81. The number of hydrogen-bond donors (Lipinski definition) is 3. The molecule has 1 aromatic carbocycles. The smallest absolute Gasteiger partial charge is 0.238 e. The second kappa shape index (κ2) is 6.58. The van der Waals surface area contributed by atoms with Gasteiger partial charge >= 0.3 is 0 Å². The number of anilines is 2. The Hall–Kier alpha value is -1.79. The molecule has 0 spiro atoms. The first-order valence-corrected chi connectivity index (χ1v) is 6.72. The monoisotopic (exact) mass is 279 g/mol. The number of carbonyl (C=O) groups is 1. The Bertz CT molecular complexity index is 479. The summed E-state index contributed by atoms with van der Waals surface area (Å²) in [5, 5.41) is 12.1. The third-order valence-electron chi connectivity index (χ3n) is 3.56. The van der Waals surface area contributed by atoms with Crippen molar-refractivity contribution in [2.24, 2.45) is 0 Å². The fourth-order valence-electron chi connectivity index (χ4n) is 2.50. The van der Waals surface area contributed by atoms with E-state index in [2.05, 4.69) is 5.32 Å². The maximum Gasteiger partial charge on any atom is 0.238 e. The molecule has 1 aliphatic rings. The minimum atomic E-state index is -0.117. The van der Waals surface area contributed by atoms with Crippen LogP contribution in [0.3, 0.4) is 0 Å². The van der Waals surface area contributed by atoms with E-state index in [-0.39, 0.29) is 25.1 Å². The van der Waals surface area contributed by atoms with Gasteiger partial charge in [0.1, 0.15) is 5.75 Å². The second-order valence-electron chi connectivity index (χ2n) is 4.96. The summed E-state index contributed by atoms with van der Waals surface area (Å²) in [6.07, 6.45) is 1.96. The maximum absolute atomic E-state index is 12.1. The van der Waals surface area contributed by atoms with Crippen LogP contribution < -0.4 is 15.8 Å². The molecule has 4 N–H and O–H groups in total. The van der Waals surface area contributed by atoms with Gasteiger partial charge in [0.2, 0.25) is 5.91 Å². The Morgan fingerprint density at radius 2 is 2.40 bits per heavy atom. The van der Waals surface area contributed by atoms with Crippen LogP contribution in [0.2, 0.25) is 0 Å². The molecule has 1 aromatic rings. The lowest BCUT2D eigenvalue weighted by Crippen LogP contribution is -2.38. The van der Waals surface area contributed by atoms with Gasteiger partial charge in [-0.25, -0.2) is 0 Å². The number of amides is 1. The predicted octanol–water partition coefficient (Wildman–Crippen LogP) is 0.673. The highest BCUT2D eigenvalue weighted by molar-refractivity contribution is 5.94. The van der Waals surface area contributed by atoms with Gasteiger partial charge in [-0.05, 0) is 31.5 Å². The topological polar surface area (TPSA) is 87.8 Å². The zero-order valence-electron chi connectivity index (χ0n) is 11.6. The summed E-state index contributed by atoms with van der Waals surface area (Å²) in [5.74, 6) is 0.423. The lowest BCUT2D eigenvalue weighted by atomic mass is 10.2. The minimum absolute atomic E-state index is 0.0917. The van der Waals surface area contributed by atoms with Crippen LogP contribution in [0.1, 0.15) is 12.8 Å². The number of hydrogen-bond acceptors (Lipinski definition) is 5. The summed E-state index contributed by atoms with van der Waals surface area (Å²) in [7, 11) is 1.53. The van der Waals surface area contributed by atoms with Gasteiger partial charge in [-0.15, -0.1) is 0 Å².